The topological polar surface area (TPSA) is 104 Å². The van der Waals surface area contributed by atoms with E-state index in [1.165, 1.54) is 35.4 Å². The van der Waals surface area contributed by atoms with Crippen molar-refractivity contribution in [3.63, 3.8) is 0 Å². The summed E-state index contributed by atoms with van der Waals surface area (Å²) in [7, 11) is 0. The van der Waals surface area contributed by atoms with Crippen LogP contribution in [0.2, 0.25) is 0 Å². The number of phenols is 1. The molecule has 3 fully saturated rings. The van der Waals surface area contributed by atoms with Crippen LogP contribution in [0.4, 0.5) is 19.0 Å². The molecule has 4 aromatic rings. The number of piperazine rings is 1. The lowest BCUT2D eigenvalue weighted by molar-refractivity contribution is -0.118. The summed E-state index contributed by atoms with van der Waals surface area (Å²) in [6, 6.07) is 5.12. The van der Waals surface area contributed by atoms with E-state index in [0.29, 0.717) is 24.9 Å². The highest BCUT2D eigenvalue weighted by Gasteiger charge is 2.49. The summed E-state index contributed by atoms with van der Waals surface area (Å²) in [6.45, 7) is 2.05. The number of alkyl halides is 1. The number of hydrogen-bond acceptors (Lipinski definition) is 8. The number of terminal acetylenes is 1. The van der Waals surface area contributed by atoms with E-state index in [9.17, 15) is 18.7 Å². The van der Waals surface area contributed by atoms with Gasteiger partial charge in [-0.05, 0) is 43.0 Å². The quantitative estimate of drug-likeness (QED) is 0.341. The number of pyridine rings is 1. The summed E-state index contributed by atoms with van der Waals surface area (Å²) < 4.78 is 51.7. The van der Waals surface area contributed by atoms with Gasteiger partial charge in [0.15, 0.2) is 11.6 Å². The Balaban J connectivity index is 1.39. The highest BCUT2D eigenvalue weighted by atomic mass is 19.1. The predicted molar refractivity (Wildman–Crippen MR) is 154 cm³/mol. The van der Waals surface area contributed by atoms with E-state index in [1.54, 1.807) is 0 Å². The maximum Gasteiger partial charge on any atom is 0.319 e. The van der Waals surface area contributed by atoms with E-state index < -0.39 is 23.3 Å². The highest BCUT2D eigenvalue weighted by molar-refractivity contribution is 6.05. The van der Waals surface area contributed by atoms with Crippen LogP contribution in [0.3, 0.4) is 0 Å². The molecule has 43 heavy (non-hydrogen) atoms. The molecule has 2 N–H and O–H groups in total. The number of halogens is 3. The van der Waals surface area contributed by atoms with Crippen LogP contribution in [0.1, 0.15) is 24.8 Å². The van der Waals surface area contributed by atoms with Crippen molar-refractivity contribution in [2.75, 3.05) is 44.2 Å². The van der Waals surface area contributed by atoms with Crippen LogP contribution < -0.4 is 15.0 Å². The molecule has 2 aromatic carbocycles. The number of anilines is 1. The van der Waals surface area contributed by atoms with Crippen molar-refractivity contribution in [2.24, 2.45) is 0 Å². The summed E-state index contributed by atoms with van der Waals surface area (Å²) in [5, 5.41) is 14.2. The number of nitrogens with zero attached hydrogens (tertiary/aromatic N) is 5. The molecule has 3 aliphatic heterocycles. The number of hydrogen-bond donors (Lipinski definition) is 2. The maximum atomic E-state index is 16.6. The molecule has 12 heteroatoms. The number of benzene rings is 2. The molecule has 5 heterocycles. The average Bonchev–Trinajstić information content (AvgIpc) is 3.52. The summed E-state index contributed by atoms with van der Waals surface area (Å²) in [5.41, 5.74) is -0.934. The molecule has 0 bridgehead atoms. The SMILES string of the molecule is C#Cc1c(F)ccc2cc(O)cc(-c3ncc4c(N5CCNCC5=O)nc(OCC56CCCN5CC(F)C6)nc4c3F)c12. The van der Waals surface area contributed by atoms with Crippen molar-refractivity contribution >= 4 is 33.4 Å². The minimum atomic E-state index is -0.962. The second kappa shape index (κ2) is 10.4. The van der Waals surface area contributed by atoms with E-state index >= 15 is 4.39 Å². The molecule has 0 saturated carbocycles. The Hall–Kier alpha value is -4.47. The minimum Gasteiger partial charge on any atom is -0.508 e. The third-order valence-electron chi connectivity index (χ3n) is 8.67. The van der Waals surface area contributed by atoms with Crippen LogP contribution in [0.25, 0.3) is 32.9 Å². The smallest absolute Gasteiger partial charge is 0.319 e. The maximum absolute atomic E-state index is 16.6. The zero-order valence-electron chi connectivity index (χ0n) is 23.0. The lowest BCUT2D eigenvalue weighted by Gasteiger charge is -2.31. The number of phenolic OH excluding ortho intramolecular Hbond substituents is 1. The molecule has 7 rings (SSSR count). The van der Waals surface area contributed by atoms with E-state index in [4.69, 9.17) is 11.2 Å². The van der Waals surface area contributed by atoms with Crippen LogP contribution in [0.5, 0.6) is 11.8 Å². The third-order valence-corrected chi connectivity index (χ3v) is 8.67. The molecular formula is C31H27F3N6O3. The Morgan fingerprint density at radius 2 is 2.09 bits per heavy atom. The molecule has 3 saturated heterocycles. The third kappa shape index (κ3) is 4.51. The molecule has 1 amide bonds. The van der Waals surface area contributed by atoms with Gasteiger partial charge in [0, 0.05) is 43.2 Å². The van der Waals surface area contributed by atoms with Crippen molar-refractivity contribution in [1.82, 2.24) is 25.2 Å². The minimum absolute atomic E-state index is 0.0708. The first-order valence-corrected chi connectivity index (χ1v) is 14.1. The van der Waals surface area contributed by atoms with E-state index in [0.717, 1.165) is 19.4 Å². The van der Waals surface area contributed by atoms with Crippen LogP contribution >= 0.6 is 0 Å². The second-order valence-corrected chi connectivity index (χ2v) is 11.3. The summed E-state index contributed by atoms with van der Waals surface area (Å²) >= 11 is 0. The van der Waals surface area contributed by atoms with Gasteiger partial charge >= 0.3 is 6.01 Å². The van der Waals surface area contributed by atoms with Gasteiger partial charge in [0.05, 0.1) is 23.0 Å². The number of rotatable bonds is 5. The number of fused-ring (bicyclic) bond motifs is 3. The van der Waals surface area contributed by atoms with Gasteiger partial charge < -0.3 is 15.2 Å². The Morgan fingerprint density at radius 1 is 1.23 bits per heavy atom. The monoisotopic (exact) mass is 588 g/mol. The fraction of sp³-hybridized carbons (Fsp3) is 0.355. The van der Waals surface area contributed by atoms with Crippen molar-refractivity contribution in [3.05, 3.63) is 47.7 Å². The van der Waals surface area contributed by atoms with Gasteiger partial charge in [-0.1, -0.05) is 12.0 Å². The molecule has 2 atom stereocenters. The summed E-state index contributed by atoms with van der Waals surface area (Å²) in [5.74, 6) is 0.423. The van der Waals surface area contributed by atoms with Crippen molar-refractivity contribution in [3.8, 4) is 35.4 Å². The number of aromatic hydroxyl groups is 1. The number of nitrogens with one attached hydrogen (secondary N) is 1. The number of carbonyl (C=O) groups is 1. The number of ether oxygens (including phenoxy) is 1. The first-order chi connectivity index (χ1) is 20.8. The van der Waals surface area contributed by atoms with Crippen molar-refractivity contribution < 1.29 is 27.8 Å². The highest BCUT2D eigenvalue weighted by Crippen LogP contribution is 2.41. The molecule has 0 aliphatic carbocycles. The van der Waals surface area contributed by atoms with Crippen LogP contribution in [0, 0.1) is 24.0 Å². The Morgan fingerprint density at radius 3 is 2.91 bits per heavy atom. The Bertz CT molecular complexity index is 1850. The average molecular weight is 589 g/mol. The van der Waals surface area contributed by atoms with Gasteiger partial charge in [0.1, 0.15) is 35.6 Å². The van der Waals surface area contributed by atoms with Crippen LogP contribution in [-0.4, -0.2) is 81.9 Å². The van der Waals surface area contributed by atoms with E-state index in [2.05, 4.69) is 31.1 Å². The van der Waals surface area contributed by atoms with E-state index in [1.807, 2.05) is 0 Å². The first-order valence-electron chi connectivity index (χ1n) is 14.1. The molecule has 220 valence electrons. The molecule has 3 aliphatic rings. The zero-order valence-corrected chi connectivity index (χ0v) is 23.0. The molecule has 9 nitrogen and oxygen atoms in total. The van der Waals surface area contributed by atoms with Gasteiger partial charge in [-0.2, -0.15) is 9.97 Å². The summed E-state index contributed by atoms with van der Waals surface area (Å²) in [6.07, 6.45) is 8.00. The lowest BCUT2D eigenvalue weighted by atomic mass is 9.95. The largest absolute Gasteiger partial charge is 0.508 e. The first kappa shape index (κ1) is 27.4. The Labute approximate surface area is 244 Å². The molecule has 2 unspecified atom stereocenters. The summed E-state index contributed by atoms with van der Waals surface area (Å²) in [4.78, 5) is 29.7. The predicted octanol–water partition coefficient (Wildman–Crippen LogP) is 3.70. The second-order valence-electron chi connectivity index (χ2n) is 11.3. The fourth-order valence-corrected chi connectivity index (χ4v) is 6.71. The van der Waals surface area contributed by atoms with Gasteiger partial charge in [-0.3, -0.25) is 19.6 Å². The lowest BCUT2D eigenvalue weighted by Crippen LogP contribution is -2.48. The zero-order chi connectivity index (χ0) is 29.9. The number of aromatic nitrogens is 3. The fourth-order valence-electron chi connectivity index (χ4n) is 6.71. The standard InChI is InChI=1S/C31H27F3N6O3/c1-2-20-23(33)5-4-17-10-19(41)11-21(25(17)20)27-26(34)28-22(13-36-27)29(40-9-7-35-14-24(40)42)38-30(37-28)43-16-31-6-3-8-39(31)15-18(32)12-31/h1,4-5,10-11,13,18,35,41H,3,6-9,12,14-16H2. The number of carbonyl (C=O) groups excluding carboxylic acids is 1. The van der Waals surface area contributed by atoms with Crippen LogP contribution in [-0.2, 0) is 4.79 Å². The van der Waals surface area contributed by atoms with Crippen molar-refractivity contribution in [1.29, 1.82) is 0 Å². The van der Waals surface area contributed by atoms with Gasteiger partial charge in [-0.25, -0.2) is 13.2 Å². The Kier molecular flexibility index (Phi) is 6.59. The molecule has 0 radical (unpaired) electrons. The van der Waals surface area contributed by atoms with Gasteiger partial charge in [0.25, 0.3) is 0 Å². The van der Waals surface area contributed by atoms with Crippen molar-refractivity contribution in [2.45, 2.75) is 31.0 Å². The van der Waals surface area contributed by atoms with Gasteiger partial charge in [-0.15, -0.1) is 6.42 Å². The molecule has 0 spiro atoms. The normalized spacial score (nSPS) is 22.3. The van der Waals surface area contributed by atoms with E-state index in [-0.39, 0.29) is 76.3 Å². The number of amides is 1. The molecule has 2 aromatic heterocycles. The molecular weight excluding hydrogens is 561 g/mol. The van der Waals surface area contributed by atoms with Gasteiger partial charge in [0.2, 0.25) is 5.91 Å². The van der Waals surface area contributed by atoms with Crippen LogP contribution in [0.15, 0.2) is 30.5 Å².